The van der Waals surface area contributed by atoms with Gasteiger partial charge in [0.05, 0.1) is 12.2 Å². The number of alkyl halides is 3. The highest BCUT2D eigenvalue weighted by molar-refractivity contribution is 5.95. The lowest BCUT2D eigenvalue weighted by Gasteiger charge is -2.38. The van der Waals surface area contributed by atoms with E-state index < -0.39 is 23.3 Å². The molecule has 1 amide bonds. The SMILES string of the molecule is C=C(CC)/C(=C\C=C/C)N1CCN(C(=O)c2ccc(OCC)nc2C(F)(F)F)CC1. The fourth-order valence-electron chi connectivity index (χ4n) is 3.19. The fourth-order valence-corrected chi connectivity index (χ4v) is 3.19. The first kappa shape index (κ1) is 23.5. The Kier molecular flexibility index (Phi) is 8.08. The van der Waals surface area contributed by atoms with Crippen molar-refractivity contribution in [2.75, 3.05) is 32.8 Å². The van der Waals surface area contributed by atoms with Gasteiger partial charge in [0.2, 0.25) is 5.88 Å². The molecule has 30 heavy (non-hydrogen) atoms. The molecule has 1 aromatic rings. The largest absolute Gasteiger partial charge is 0.478 e. The molecule has 0 aliphatic carbocycles. The van der Waals surface area contributed by atoms with Crippen molar-refractivity contribution in [3.8, 4) is 5.88 Å². The molecule has 0 saturated carbocycles. The summed E-state index contributed by atoms with van der Waals surface area (Å²) in [7, 11) is 0. The molecule has 0 radical (unpaired) electrons. The van der Waals surface area contributed by atoms with Crippen molar-refractivity contribution < 1.29 is 22.7 Å². The Hall–Kier alpha value is -2.77. The van der Waals surface area contributed by atoms with Crippen molar-refractivity contribution in [3.63, 3.8) is 0 Å². The third kappa shape index (κ3) is 5.64. The number of hydrogen-bond donors (Lipinski definition) is 0. The molecule has 0 atom stereocenters. The minimum absolute atomic E-state index is 0.150. The predicted octanol–water partition coefficient (Wildman–Crippen LogP) is 4.68. The lowest BCUT2D eigenvalue weighted by molar-refractivity contribution is -0.141. The quantitative estimate of drug-likeness (QED) is 0.598. The number of rotatable bonds is 7. The lowest BCUT2D eigenvalue weighted by atomic mass is 10.1. The van der Waals surface area contributed by atoms with E-state index in [2.05, 4.69) is 16.5 Å². The summed E-state index contributed by atoms with van der Waals surface area (Å²) >= 11 is 0. The lowest BCUT2D eigenvalue weighted by Crippen LogP contribution is -2.48. The van der Waals surface area contributed by atoms with E-state index in [0.29, 0.717) is 26.2 Å². The number of ether oxygens (including phenoxy) is 1. The van der Waals surface area contributed by atoms with Crippen LogP contribution in [0.15, 0.2) is 48.2 Å². The van der Waals surface area contributed by atoms with Crippen molar-refractivity contribution in [2.24, 2.45) is 0 Å². The van der Waals surface area contributed by atoms with Gasteiger partial charge < -0.3 is 14.5 Å². The van der Waals surface area contributed by atoms with Crippen molar-refractivity contribution >= 4 is 5.91 Å². The number of piperazine rings is 1. The average Bonchev–Trinajstić information content (AvgIpc) is 2.73. The maximum atomic E-state index is 13.5. The summed E-state index contributed by atoms with van der Waals surface area (Å²) in [6.45, 7) is 11.5. The van der Waals surface area contributed by atoms with Crippen LogP contribution in [0.25, 0.3) is 0 Å². The first-order chi connectivity index (χ1) is 14.2. The van der Waals surface area contributed by atoms with E-state index in [1.807, 2.05) is 32.1 Å². The molecule has 5 nitrogen and oxygen atoms in total. The molecular weight excluding hydrogens is 395 g/mol. The van der Waals surface area contributed by atoms with Crippen LogP contribution >= 0.6 is 0 Å². The number of aromatic nitrogens is 1. The van der Waals surface area contributed by atoms with Crippen LogP contribution in [0.2, 0.25) is 0 Å². The van der Waals surface area contributed by atoms with Crippen LogP contribution < -0.4 is 4.74 Å². The van der Waals surface area contributed by atoms with E-state index >= 15 is 0 Å². The van der Waals surface area contributed by atoms with Crippen LogP contribution in [0.1, 0.15) is 43.2 Å². The number of pyridine rings is 1. The molecule has 1 aliphatic rings. The third-order valence-electron chi connectivity index (χ3n) is 4.80. The second-order valence-corrected chi connectivity index (χ2v) is 6.79. The monoisotopic (exact) mass is 423 g/mol. The van der Waals surface area contributed by atoms with E-state index in [4.69, 9.17) is 4.74 Å². The van der Waals surface area contributed by atoms with Gasteiger partial charge in [-0.15, -0.1) is 0 Å². The first-order valence-electron chi connectivity index (χ1n) is 9.99. The molecule has 2 rings (SSSR count). The van der Waals surface area contributed by atoms with Crippen LogP contribution in [0.3, 0.4) is 0 Å². The Balaban J connectivity index is 2.20. The Labute approximate surface area is 175 Å². The van der Waals surface area contributed by atoms with Crippen molar-refractivity contribution in [2.45, 2.75) is 33.4 Å². The van der Waals surface area contributed by atoms with Gasteiger partial charge in [-0.3, -0.25) is 4.79 Å². The Morgan fingerprint density at radius 3 is 2.37 bits per heavy atom. The highest BCUT2D eigenvalue weighted by Crippen LogP contribution is 2.33. The molecule has 0 spiro atoms. The Morgan fingerprint density at radius 1 is 1.20 bits per heavy atom. The van der Waals surface area contributed by atoms with Crippen LogP contribution in [0, 0.1) is 0 Å². The molecule has 2 heterocycles. The van der Waals surface area contributed by atoms with Gasteiger partial charge in [-0.05, 0) is 38.0 Å². The molecule has 1 saturated heterocycles. The molecule has 0 N–H and O–H groups in total. The number of carbonyl (C=O) groups excluding carboxylic acids is 1. The topological polar surface area (TPSA) is 45.7 Å². The summed E-state index contributed by atoms with van der Waals surface area (Å²) in [6.07, 6.45) is 1.85. The third-order valence-corrected chi connectivity index (χ3v) is 4.80. The van der Waals surface area contributed by atoms with Gasteiger partial charge in [-0.2, -0.15) is 13.2 Å². The molecule has 0 aromatic carbocycles. The number of hydrogen-bond acceptors (Lipinski definition) is 4. The summed E-state index contributed by atoms with van der Waals surface area (Å²) < 4.78 is 45.5. The second-order valence-electron chi connectivity index (χ2n) is 6.79. The zero-order valence-corrected chi connectivity index (χ0v) is 17.6. The molecule has 0 bridgehead atoms. The maximum Gasteiger partial charge on any atom is 0.434 e. The van der Waals surface area contributed by atoms with Crippen molar-refractivity contribution in [1.82, 2.24) is 14.8 Å². The second kappa shape index (κ2) is 10.3. The van der Waals surface area contributed by atoms with Gasteiger partial charge >= 0.3 is 6.18 Å². The molecule has 1 fully saturated rings. The molecule has 164 valence electrons. The van der Waals surface area contributed by atoms with Crippen LogP contribution in [-0.4, -0.2) is 53.5 Å². The summed E-state index contributed by atoms with van der Waals surface area (Å²) in [4.78, 5) is 19.9. The van der Waals surface area contributed by atoms with Gasteiger partial charge in [-0.25, -0.2) is 4.98 Å². The normalized spacial score (nSPS) is 15.6. The summed E-state index contributed by atoms with van der Waals surface area (Å²) in [5, 5.41) is 0. The molecular formula is C22H28F3N3O2. The molecule has 1 aliphatic heterocycles. The molecule has 1 aromatic heterocycles. The maximum absolute atomic E-state index is 13.5. The number of halogens is 3. The van der Waals surface area contributed by atoms with E-state index in [1.165, 1.54) is 11.0 Å². The average molecular weight is 423 g/mol. The van der Waals surface area contributed by atoms with Gasteiger partial charge in [0, 0.05) is 37.9 Å². The van der Waals surface area contributed by atoms with Crippen molar-refractivity contribution in [1.29, 1.82) is 0 Å². The summed E-state index contributed by atoms with van der Waals surface area (Å²) in [5.74, 6) is -0.825. The van der Waals surface area contributed by atoms with Crippen molar-refractivity contribution in [3.05, 3.63) is 59.5 Å². The predicted molar refractivity (Wildman–Crippen MR) is 110 cm³/mol. The van der Waals surface area contributed by atoms with Crippen LogP contribution in [0.4, 0.5) is 13.2 Å². The van der Waals surface area contributed by atoms with E-state index in [0.717, 1.165) is 23.8 Å². The van der Waals surface area contributed by atoms with E-state index in [9.17, 15) is 18.0 Å². The highest BCUT2D eigenvalue weighted by atomic mass is 19.4. The zero-order valence-electron chi connectivity index (χ0n) is 17.6. The number of amides is 1. The minimum atomic E-state index is -4.75. The standard InChI is InChI=1S/C22H28F3N3O2/c1-5-8-9-18(16(4)6-2)27-12-14-28(15-13-27)21(29)17-10-11-19(30-7-3)26-20(17)22(23,24)25/h5,8-11H,4,6-7,12-15H2,1-3H3/b8-5-,18-9+. The van der Waals surface area contributed by atoms with Gasteiger partial charge in [-0.1, -0.05) is 25.7 Å². The zero-order chi connectivity index (χ0) is 22.3. The molecule has 0 unspecified atom stereocenters. The van der Waals surface area contributed by atoms with E-state index in [-0.39, 0.29) is 12.5 Å². The van der Waals surface area contributed by atoms with Crippen LogP contribution in [-0.2, 0) is 6.18 Å². The highest BCUT2D eigenvalue weighted by Gasteiger charge is 2.39. The van der Waals surface area contributed by atoms with Crippen LogP contribution in [0.5, 0.6) is 5.88 Å². The number of carbonyl (C=O) groups is 1. The summed E-state index contributed by atoms with van der Waals surface area (Å²) in [6, 6.07) is 2.44. The smallest absolute Gasteiger partial charge is 0.434 e. The number of nitrogens with zero attached hydrogens (tertiary/aromatic N) is 3. The first-order valence-corrected chi connectivity index (χ1v) is 9.99. The fraction of sp³-hybridized carbons (Fsp3) is 0.455. The number of allylic oxidation sites excluding steroid dienone is 4. The van der Waals surface area contributed by atoms with Gasteiger partial charge in [0.15, 0.2) is 5.69 Å². The van der Waals surface area contributed by atoms with E-state index in [1.54, 1.807) is 6.92 Å². The minimum Gasteiger partial charge on any atom is -0.478 e. The Bertz CT molecular complexity index is 823. The van der Waals surface area contributed by atoms with Gasteiger partial charge in [0.25, 0.3) is 5.91 Å². The van der Waals surface area contributed by atoms with Gasteiger partial charge in [0.1, 0.15) is 0 Å². The molecule has 8 heteroatoms. The summed E-state index contributed by atoms with van der Waals surface area (Å²) in [5.41, 5.74) is 0.292. The Morgan fingerprint density at radius 2 is 1.83 bits per heavy atom.